The van der Waals surface area contributed by atoms with Gasteiger partial charge in [-0.25, -0.2) is 9.97 Å². The largest absolute Gasteiger partial charge is 0.241 e. The Hall–Kier alpha value is -1.18. The van der Waals surface area contributed by atoms with E-state index in [0.29, 0.717) is 5.35 Å². The van der Waals surface area contributed by atoms with Gasteiger partial charge in [-0.2, -0.15) is 0 Å². The molecule has 1 heterocycles. The zero-order valence-electron chi connectivity index (χ0n) is 5.39. The molecular weight excluding hydrogens is 112 g/mol. The molecule has 46 valence electrons. The van der Waals surface area contributed by atoms with Crippen LogP contribution in [0.3, 0.4) is 0 Å². The van der Waals surface area contributed by atoms with E-state index < -0.39 is 0 Å². The summed E-state index contributed by atoms with van der Waals surface area (Å²) in [5, 5.41) is 1.50. The third kappa shape index (κ3) is 1.13. The summed E-state index contributed by atoms with van der Waals surface area (Å²) in [5.41, 5.74) is 0. The molecule has 0 aliphatic heterocycles. The summed E-state index contributed by atoms with van der Waals surface area (Å²) >= 11 is 0. The third-order valence-electron chi connectivity index (χ3n) is 1.07. The summed E-state index contributed by atoms with van der Waals surface area (Å²) in [7, 11) is 0. The predicted octanol–water partition coefficient (Wildman–Crippen LogP) is -0.394. The van der Waals surface area contributed by atoms with Crippen molar-refractivity contribution in [2.45, 2.75) is 6.92 Å². The molecule has 0 aliphatic rings. The maximum atomic E-state index is 3.99. The van der Waals surface area contributed by atoms with Crippen LogP contribution in [-0.2, 0) is 0 Å². The van der Waals surface area contributed by atoms with Gasteiger partial charge in [0, 0.05) is 11.4 Å². The van der Waals surface area contributed by atoms with E-state index in [1.165, 1.54) is 0 Å². The number of aryl methyl sites for hydroxylation is 1. The van der Waals surface area contributed by atoms with E-state index in [1.807, 2.05) is 6.92 Å². The highest BCUT2D eigenvalue weighted by molar-refractivity contribution is 5.06. The molecular formula is C7H8N2. The first-order chi connectivity index (χ1) is 4.20. The minimum atomic E-state index is 0.711. The SMILES string of the molecule is C=c1cnc(C)nc1=C. The zero-order valence-corrected chi connectivity index (χ0v) is 5.39. The van der Waals surface area contributed by atoms with Crippen molar-refractivity contribution in [3.05, 3.63) is 22.6 Å². The summed E-state index contributed by atoms with van der Waals surface area (Å²) in [6.45, 7) is 9.17. The molecule has 0 saturated carbocycles. The summed E-state index contributed by atoms with van der Waals surface area (Å²) in [5.74, 6) is 0.743. The Morgan fingerprint density at radius 3 is 2.56 bits per heavy atom. The third-order valence-corrected chi connectivity index (χ3v) is 1.07. The van der Waals surface area contributed by atoms with Gasteiger partial charge in [0.25, 0.3) is 0 Å². The molecule has 0 radical (unpaired) electrons. The number of hydrogen-bond donors (Lipinski definition) is 0. The van der Waals surface area contributed by atoms with Crippen LogP contribution in [0.1, 0.15) is 5.82 Å². The highest BCUT2D eigenvalue weighted by Gasteiger charge is 1.82. The summed E-state index contributed by atoms with van der Waals surface area (Å²) in [6, 6.07) is 0. The monoisotopic (exact) mass is 120 g/mol. The van der Waals surface area contributed by atoms with E-state index >= 15 is 0 Å². The van der Waals surface area contributed by atoms with Gasteiger partial charge in [-0.3, -0.25) is 0 Å². The lowest BCUT2D eigenvalue weighted by Crippen LogP contribution is -2.26. The van der Waals surface area contributed by atoms with Gasteiger partial charge in [0.05, 0.1) is 5.35 Å². The van der Waals surface area contributed by atoms with Crippen molar-refractivity contribution in [1.82, 2.24) is 9.97 Å². The first-order valence-electron chi connectivity index (χ1n) is 2.67. The fraction of sp³-hybridized carbons (Fsp3) is 0.143. The van der Waals surface area contributed by atoms with Crippen molar-refractivity contribution in [1.29, 1.82) is 0 Å². The molecule has 0 unspecified atom stereocenters. The van der Waals surface area contributed by atoms with Gasteiger partial charge in [-0.1, -0.05) is 13.2 Å². The van der Waals surface area contributed by atoms with Crippen LogP contribution in [-0.4, -0.2) is 9.97 Å². The Labute approximate surface area is 53.6 Å². The minimum Gasteiger partial charge on any atom is -0.241 e. The van der Waals surface area contributed by atoms with Crippen molar-refractivity contribution < 1.29 is 0 Å². The molecule has 0 bridgehead atoms. The predicted molar refractivity (Wildman–Crippen MR) is 37.1 cm³/mol. The fourth-order valence-electron chi connectivity index (χ4n) is 0.542. The van der Waals surface area contributed by atoms with Gasteiger partial charge in [0.2, 0.25) is 0 Å². The van der Waals surface area contributed by atoms with Gasteiger partial charge < -0.3 is 0 Å². The van der Waals surface area contributed by atoms with Crippen LogP contribution in [0.2, 0.25) is 0 Å². The molecule has 2 heteroatoms. The van der Waals surface area contributed by atoms with Crippen molar-refractivity contribution in [3.8, 4) is 0 Å². The molecule has 0 saturated heterocycles. The van der Waals surface area contributed by atoms with Crippen molar-refractivity contribution in [2.24, 2.45) is 0 Å². The van der Waals surface area contributed by atoms with Crippen LogP contribution in [0.15, 0.2) is 6.20 Å². The quantitative estimate of drug-likeness (QED) is 0.466. The highest BCUT2D eigenvalue weighted by atomic mass is 14.8. The van der Waals surface area contributed by atoms with Crippen LogP contribution < -0.4 is 10.6 Å². The second-order valence-electron chi connectivity index (χ2n) is 1.89. The van der Waals surface area contributed by atoms with Crippen LogP contribution in [0, 0.1) is 6.92 Å². The van der Waals surface area contributed by atoms with E-state index in [9.17, 15) is 0 Å². The molecule has 0 spiro atoms. The molecule has 2 nitrogen and oxygen atoms in total. The standard InChI is InChI=1S/C7H8N2/c1-5-4-8-7(3)9-6(5)2/h4H,1-2H2,3H3. The molecule has 1 aromatic rings. The van der Waals surface area contributed by atoms with E-state index in [-0.39, 0.29) is 0 Å². The van der Waals surface area contributed by atoms with E-state index in [2.05, 4.69) is 23.1 Å². The topological polar surface area (TPSA) is 25.8 Å². The van der Waals surface area contributed by atoms with Gasteiger partial charge in [-0.05, 0) is 6.92 Å². The maximum absolute atomic E-state index is 3.99. The molecule has 1 rings (SSSR count). The Morgan fingerprint density at radius 2 is 2.11 bits per heavy atom. The first kappa shape index (κ1) is 5.95. The lowest BCUT2D eigenvalue weighted by Gasteiger charge is -1.87. The molecule has 0 aromatic carbocycles. The molecule has 0 aliphatic carbocycles. The van der Waals surface area contributed by atoms with E-state index in [4.69, 9.17) is 0 Å². The summed E-state index contributed by atoms with van der Waals surface area (Å²) < 4.78 is 0. The number of rotatable bonds is 0. The lowest BCUT2D eigenvalue weighted by atomic mass is 10.4. The van der Waals surface area contributed by atoms with E-state index in [0.717, 1.165) is 11.0 Å². The van der Waals surface area contributed by atoms with Gasteiger partial charge in [0.15, 0.2) is 0 Å². The van der Waals surface area contributed by atoms with Crippen LogP contribution in [0.5, 0.6) is 0 Å². The fourth-order valence-corrected chi connectivity index (χ4v) is 0.542. The lowest BCUT2D eigenvalue weighted by molar-refractivity contribution is 1.01. The highest BCUT2D eigenvalue weighted by Crippen LogP contribution is 1.69. The molecule has 0 N–H and O–H groups in total. The van der Waals surface area contributed by atoms with Crippen LogP contribution in [0.4, 0.5) is 0 Å². The van der Waals surface area contributed by atoms with Crippen molar-refractivity contribution in [3.63, 3.8) is 0 Å². The molecule has 0 fully saturated rings. The van der Waals surface area contributed by atoms with Gasteiger partial charge in [0.1, 0.15) is 5.82 Å². The van der Waals surface area contributed by atoms with Crippen molar-refractivity contribution in [2.75, 3.05) is 0 Å². The Balaban J connectivity index is 3.53. The number of nitrogens with zero attached hydrogens (tertiary/aromatic N) is 2. The molecule has 9 heavy (non-hydrogen) atoms. The second kappa shape index (κ2) is 1.97. The van der Waals surface area contributed by atoms with Crippen molar-refractivity contribution >= 4 is 13.2 Å². The molecule has 0 atom stereocenters. The molecule has 1 aromatic heterocycles. The summed E-state index contributed by atoms with van der Waals surface area (Å²) in [6.07, 6.45) is 1.67. The summed E-state index contributed by atoms with van der Waals surface area (Å²) in [4.78, 5) is 7.91. The Kier molecular flexibility index (Phi) is 1.30. The first-order valence-corrected chi connectivity index (χ1v) is 2.67. The number of aromatic nitrogens is 2. The maximum Gasteiger partial charge on any atom is 0.125 e. The minimum absolute atomic E-state index is 0.711. The molecule has 0 amide bonds. The smallest absolute Gasteiger partial charge is 0.125 e. The normalized spacial score (nSPS) is 9.44. The number of hydrogen-bond acceptors (Lipinski definition) is 2. The Bertz CT molecular complexity index is 303. The zero-order chi connectivity index (χ0) is 6.85. The van der Waals surface area contributed by atoms with Crippen LogP contribution >= 0.6 is 0 Å². The van der Waals surface area contributed by atoms with E-state index in [1.54, 1.807) is 6.20 Å². The van der Waals surface area contributed by atoms with Gasteiger partial charge in [-0.15, -0.1) is 0 Å². The average molecular weight is 120 g/mol. The Morgan fingerprint density at radius 1 is 1.44 bits per heavy atom. The van der Waals surface area contributed by atoms with Crippen LogP contribution in [0.25, 0.3) is 13.2 Å². The average Bonchev–Trinajstić information content (AvgIpc) is 1.80. The second-order valence-corrected chi connectivity index (χ2v) is 1.89. The van der Waals surface area contributed by atoms with Gasteiger partial charge >= 0.3 is 0 Å².